The zero-order chi connectivity index (χ0) is 15.9. The highest BCUT2D eigenvalue weighted by Gasteiger charge is 2.09. The zero-order valence-corrected chi connectivity index (χ0v) is 14.0. The summed E-state index contributed by atoms with van der Waals surface area (Å²) >= 11 is 1.47. The van der Waals surface area contributed by atoms with Gasteiger partial charge in [-0.1, -0.05) is 30.3 Å². The van der Waals surface area contributed by atoms with Crippen molar-refractivity contribution < 1.29 is 9.32 Å². The summed E-state index contributed by atoms with van der Waals surface area (Å²) in [7, 11) is 0. The Balaban J connectivity index is 1.80. The van der Waals surface area contributed by atoms with E-state index in [9.17, 15) is 4.79 Å². The fourth-order valence-corrected chi connectivity index (χ4v) is 2.74. The number of nitrogens with zero attached hydrogens (tertiary/aromatic N) is 2. The molecule has 1 heterocycles. The van der Waals surface area contributed by atoms with Gasteiger partial charge in [-0.3, -0.25) is 4.79 Å². The van der Waals surface area contributed by atoms with Crippen LogP contribution in [0.2, 0.25) is 0 Å². The molecule has 1 amide bonds. The minimum absolute atomic E-state index is 0.0179. The smallest absolute Gasteiger partial charge is 0.236 e. The van der Waals surface area contributed by atoms with Gasteiger partial charge in [0.25, 0.3) is 0 Å². The minimum atomic E-state index is -0.0179. The number of thioether (sulfide) groups is 1. The van der Waals surface area contributed by atoms with Crippen LogP contribution in [0.5, 0.6) is 0 Å². The maximum absolute atomic E-state index is 12.0. The van der Waals surface area contributed by atoms with E-state index in [2.05, 4.69) is 22.4 Å². The summed E-state index contributed by atoms with van der Waals surface area (Å²) in [6.07, 6.45) is 1.81. The lowest BCUT2D eigenvalue weighted by Crippen LogP contribution is -2.15. The molecule has 0 bridgehead atoms. The standard InChI is InChI=1S/C16H21N3O2S/c1-4-6-13-17-15(21-19-13)10-22-9-14(20)18-16-11(2)7-5-8-12(16)3/h5,7-8H,4,6,9-10H2,1-3H3,(H,18,20). The molecule has 0 unspecified atom stereocenters. The second-order valence-electron chi connectivity index (χ2n) is 5.16. The molecule has 0 atom stereocenters. The van der Waals surface area contributed by atoms with E-state index in [1.54, 1.807) is 0 Å². The van der Waals surface area contributed by atoms with Crippen LogP contribution in [-0.4, -0.2) is 21.8 Å². The second kappa shape index (κ2) is 7.98. The first-order valence-corrected chi connectivity index (χ1v) is 8.51. The molecule has 0 saturated carbocycles. The van der Waals surface area contributed by atoms with Gasteiger partial charge in [-0.15, -0.1) is 11.8 Å². The molecule has 0 radical (unpaired) electrons. The number of rotatable bonds is 7. The van der Waals surface area contributed by atoms with E-state index in [0.29, 0.717) is 17.4 Å². The van der Waals surface area contributed by atoms with Crippen LogP contribution >= 0.6 is 11.8 Å². The first-order chi connectivity index (χ1) is 10.6. The van der Waals surface area contributed by atoms with Crippen LogP contribution in [0.4, 0.5) is 5.69 Å². The number of nitrogens with one attached hydrogen (secondary N) is 1. The molecule has 0 fully saturated rings. The van der Waals surface area contributed by atoms with Crippen molar-refractivity contribution in [2.45, 2.75) is 39.4 Å². The normalized spacial score (nSPS) is 10.7. The molecule has 6 heteroatoms. The van der Waals surface area contributed by atoms with E-state index >= 15 is 0 Å². The molecule has 5 nitrogen and oxygen atoms in total. The number of anilines is 1. The number of carbonyl (C=O) groups is 1. The Hall–Kier alpha value is -1.82. The van der Waals surface area contributed by atoms with E-state index in [-0.39, 0.29) is 5.91 Å². The Morgan fingerprint density at radius 3 is 2.73 bits per heavy atom. The molecular formula is C16H21N3O2S. The summed E-state index contributed by atoms with van der Waals surface area (Å²) in [5.74, 6) is 2.21. The molecule has 0 aliphatic carbocycles. The lowest BCUT2D eigenvalue weighted by molar-refractivity contribution is -0.113. The third-order valence-corrected chi connectivity index (χ3v) is 4.11. The van der Waals surface area contributed by atoms with Crippen LogP contribution in [0.15, 0.2) is 22.7 Å². The Morgan fingerprint density at radius 2 is 2.05 bits per heavy atom. The highest BCUT2D eigenvalue weighted by Crippen LogP contribution is 2.20. The quantitative estimate of drug-likeness (QED) is 0.846. The number of hydrogen-bond donors (Lipinski definition) is 1. The van der Waals surface area contributed by atoms with Crippen molar-refractivity contribution in [3.63, 3.8) is 0 Å². The van der Waals surface area contributed by atoms with E-state index in [1.165, 1.54) is 11.8 Å². The van der Waals surface area contributed by atoms with E-state index < -0.39 is 0 Å². The predicted octanol–water partition coefficient (Wildman–Crippen LogP) is 3.51. The van der Waals surface area contributed by atoms with Gasteiger partial charge in [-0.05, 0) is 31.4 Å². The number of hydrogen-bond acceptors (Lipinski definition) is 5. The van der Waals surface area contributed by atoms with Gasteiger partial charge >= 0.3 is 0 Å². The molecule has 1 N–H and O–H groups in total. The summed E-state index contributed by atoms with van der Waals surface area (Å²) in [6.45, 7) is 6.05. The van der Waals surface area contributed by atoms with Gasteiger partial charge in [-0.25, -0.2) is 0 Å². The Bertz CT molecular complexity index is 620. The van der Waals surface area contributed by atoms with Gasteiger partial charge in [-0.2, -0.15) is 4.98 Å². The van der Waals surface area contributed by atoms with Crippen molar-refractivity contribution >= 4 is 23.4 Å². The van der Waals surface area contributed by atoms with Gasteiger partial charge in [0.15, 0.2) is 5.82 Å². The number of benzene rings is 1. The summed E-state index contributed by atoms with van der Waals surface area (Å²) < 4.78 is 5.14. The van der Waals surface area contributed by atoms with Crippen LogP contribution < -0.4 is 5.32 Å². The lowest BCUT2D eigenvalue weighted by Gasteiger charge is -2.10. The largest absolute Gasteiger partial charge is 0.338 e. The maximum atomic E-state index is 12.0. The summed E-state index contributed by atoms with van der Waals surface area (Å²) in [5.41, 5.74) is 3.04. The van der Waals surface area contributed by atoms with Gasteiger partial charge in [0.1, 0.15) is 0 Å². The van der Waals surface area contributed by atoms with Crippen molar-refractivity contribution in [3.8, 4) is 0 Å². The van der Waals surface area contributed by atoms with Gasteiger partial charge < -0.3 is 9.84 Å². The second-order valence-corrected chi connectivity index (χ2v) is 6.15. The number of para-hydroxylation sites is 1. The monoisotopic (exact) mass is 319 g/mol. The molecule has 1 aromatic heterocycles. The van der Waals surface area contributed by atoms with Crippen molar-refractivity contribution in [2.75, 3.05) is 11.1 Å². The molecule has 0 saturated heterocycles. The molecule has 0 aliphatic heterocycles. The average molecular weight is 319 g/mol. The van der Waals surface area contributed by atoms with Crippen LogP contribution in [0.1, 0.15) is 36.2 Å². The molecule has 0 aliphatic rings. The highest BCUT2D eigenvalue weighted by atomic mass is 32.2. The molecular weight excluding hydrogens is 298 g/mol. The average Bonchev–Trinajstić information content (AvgIpc) is 2.91. The van der Waals surface area contributed by atoms with Crippen LogP contribution in [0.25, 0.3) is 0 Å². The fraction of sp³-hybridized carbons (Fsp3) is 0.438. The Labute approximate surface area is 134 Å². The van der Waals surface area contributed by atoms with Crippen LogP contribution in [0.3, 0.4) is 0 Å². The lowest BCUT2D eigenvalue weighted by atomic mass is 10.1. The topological polar surface area (TPSA) is 68.0 Å². The van der Waals surface area contributed by atoms with E-state index in [4.69, 9.17) is 4.52 Å². The fourth-order valence-electron chi connectivity index (χ4n) is 2.09. The number of aromatic nitrogens is 2. The predicted molar refractivity (Wildman–Crippen MR) is 89.0 cm³/mol. The summed E-state index contributed by atoms with van der Waals surface area (Å²) in [4.78, 5) is 16.3. The summed E-state index contributed by atoms with van der Waals surface area (Å²) in [6, 6.07) is 5.96. The van der Waals surface area contributed by atoms with Gasteiger partial charge in [0, 0.05) is 12.1 Å². The molecule has 0 spiro atoms. The SMILES string of the molecule is CCCc1noc(CSCC(=O)Nc2c(C)cccc2C)n1. The minimum Gasteiger partial charge on any atom is -0.338 e. The van der Waals surface area contributed by atoms with Crippen molar-refractivity contribution in [1.29, 1.82) is 0 Å². The van der Waals surface area contributed by atoms with Crippen molar-refractivity contribution in [1.82, 2.24) is 10.1 Å². The van der Waals surface area contributed by atoms with Crippen LogP contribution in [0, 0.1) is 13.8 Å². The molecule has 2 rings (SSSR count). The first-order valence-electron chi connectivity index (χ1n) is 7.35. The van der Waals surface area contributed by atoms with Gasteiger partial charge in [0.2, 0.25) is 11.8 Å². The summed E-state index contributed by atoms with van der Waals surface area (Å²) in [5, 5.41) is 6.86. The Kier molecular flexibility index (Phi) is 6.00. The highest BCUT2D eigenvalue weighted by molar-refractivity contribution is 7.99. The number of aryl methyl sites for hydroxylation is 3. The third kappa shape index (κ3) is 4.59. The number of carbonyl (C=O) groups excluding carboxylic acids is 1. The van der Waals surface area contributed by atoms with E-state index in [0.717, 1.165) is 35.5 Å². The molecule has 22 heavy (non-hydrogen) atoms. The molecule has 1 aromatic carbocycles. The van der Waals surface area contributed by atoms with Gasteiger partial charge in [0.05, 0.1) is 11.5 Å². The number of amides is 1. The molecule has 2 aromatic rings. The maximum Gasteiger partial charge on any atom is 0.236 e. The Morgan fingerprint density at radius 1 is 1.32 bits per heavy atom. The zero-order valence-electron chi connectivity index (χ0n) is 13.2. The van der Waals surface area contributed by atoms with Crippen molar-refractivity contribution in [2.24, 2.45) is 0 Å². The van der Waals surface area contributed by atoms with E-state index in [1.807, 2.05) is 32.0 Å². The third-order valence-electron chi connectivity index (χ3n) is 3.19. The van der Waals surface area contributed by atoms with Crippen molar-refractivity contribution in [3.05, 3.63) is 41.0 Å². The first kappa shape index (κ1) is 16.5. The van der Waals surface area contributed by atoms with Crippen LogP contribution in [-0.2, 0) is 17.0 Å². The molecule has 118 valence electrons.